The lowest BCUT2D eigenvalue weighted by Crippen LogP contribution is -2.45. The normalized spacial score (nSPS) is 11.2. The summed E-state index contributed by atoms with van der Waals surface area (Å²) < 4.78 is 10.8. The molecule has 1 aromatic rings. The van der Waals surface area contributed by atoms with Crippen LogP contribution in [-0.4, -0.2) is 41.8 Å². The smallest absolute Gasteiger partial charge is 0.410 e. The summed E-state index contributed by atoms with van der Waals surface area (Å²) in [7, 11) is 1.57. The maximum Gasteiger partial charge on any atom is 0.410 e. The van der Waals surface area contributed by atoms with Crippen molar-refractivity contribution >= 4 is 22.0 Å². The Labute approximate surface area is 128 Å². The van der Waals surface area contributed by atoms with Crippen LogP contribution < -0.4 is 0 Å². The lowest BCUT2D eigenvalue weighted by atomic mass is 10.1. The van der Waals surface area contributed by atoms with Crippen LogP contribution in [0.5, 0.6) is 0 Å². The van der Waals surface area contributed by atoms with Crippen molar-refractivity contribution in [2.75, 3.05) is 20.3 Å². The van der Waals surface area contributed by atoms with Gasteiger partial charge >= 0.3 is 6.09 Å². The van der Waals surface area contributed by atoms with Crippen LogP contribution in [0.3, 0.4) is 0 Å². The van der Waals surface area contributed by atoms with E-state index in [9.17, 15) is 4.79 Å². The third kappa shape index (κ3) is 5.46. The molecule has 112 valence electrons. The second kappa shape index (κ2) is 7.59. The Hall–Kier alpha value is -1.14. The number of carbonyl (C=O) groups excluding carboxylic acids is 1. The third-order valence-corrected chi connectivity index (χ3v) is 3.14. The molecule has 5 nitrogen and oxygen atoms in total. The predicted octanol–water partition coefficient (Wildman–Crippen LogP) is 3.23. The van der Waals surface area contributed by atoms with Gasteiger partial charge in [0.15, 0.2) is 0 Å². The Morgan fingerprint density at radius 2 is 2.05 bits per heavy atom. The van der Waals surface area contributed by atoms with Gasteiger partial charge < -0.3 is 9.47 Å². The minimum atomic E-state index is -0.350. The van der Waals surface area contributed by atoms with Crippen LogP contribution in [-0.2, 0) is 16.0 Å². The molecule has 0 aliphatic heterocycles. The van der Waals surface area contributed by atoms with E-state index in [1.165, 1.54) is 0 Å². The number of ether oxygens (including phenoxy) is 2. The Bertz CT molecular complexity index is 429. The van der Waals surface area contributed by atoms with Gasteiger partial charge in [-0.2, -0.15) is 0 Å². The first-order valence-corrected chi connectivity index (χ1v) is 7.17. The number of pyridine rings is 1. The predicted molar refractivity (Wildman–Crippen MR) is 80.5 cm³/mol. The molecule has 0 saturated carbocycles. The number of rotatable bonds is 5. The summed E-state index contributed by atoms with van der Waals surface area (Å²) in [6.07, 6.45) is 1.39. The largest absolute Gasteiger partial charge is 0.447 e. The molecule has 0 bridgehead atoms. The topological polar surface area (TPSA) is 51.7 Å². The van der Waals surface area contributed by atoms with Crippen molar-refractivity contribution in [3.8, 4) is 0 Å². The molecule has 0 unspecified atom stereocenters. The zero-order valence-corrected chi connectivity index (χ0v) is 13.9. The number of halogens is 1. The zero-order valence-electron chi connectivity index (χ0n) is 12.4. The van der Waals surface area contributed by atoms with E-state index in [4.69, 9.17) is 9.47 Å². The molecule has 1 aromatic heterocycles. The highest BCUT2D eigenvalue weighted by Gasteiger charge is 2.27. The van der Waals surface area contributed by atoms with Gasteiger partial charge in [-0.3, -0.25) is 4.90 Å². The lowest BCUT2D eigenvalue weighted by molar-refractivity contribution is 0.0451. The summed E-state index contributed by atoms with van der Waals surface area (Å²) in [5.41, 5.74) is 0.615. The first-order valence-electron chi connectivity index (χ1n) is 6.38. The average Bonchev–Trinajstić information content (AvgIpc) is 2.36. The Balaban J connectivity index is 2.74. The summed E-state index contributed by atoms with van der Waals surface area (Å²) in [4.78, 5) is 18.0. The second-order valence-corrected chi connectivity index (χ2v) is 6.17. The average molecular weight is 345 g/mol. The van der Waals surface area contributed by atoms with Crippen LogP contribution >= 0.6 is 15.9 Å². The van der Waals surface area contributed by atoms with Crippen molar-refractivity contribution in [2.24, 2.45) is 0 Å². The van der Waals surface area contributed by atoms with E-state index in [0.717, 1.165) is 10.2 Å². The van der Waals surface area contributed by atoms with E-state index in [1.807, 2.05) is 32.9 Å². The van der Waals surface area contributed by atoms with Crippen molar-refractivity contribution in [2.45, 2.75) is 32.9 Å². The quantitative estimate of drug-likeness (QED) is 0.607. The molecule has 0 fully saturated rings. The molecular formula is C14H21BrN2O3. The highest BCUT2D eigenvalue weighted by atomic mass is 79.9. The number of hydrogen-bond donors (Lipinski definition) is 0. The first kappa shape index (κ1) is 16.9. The van der Waals surface area contributed by atoms with Crippen LogP contribution in [0.1, 0.15) is 26.3 Å². The van der Waals surface area contributed by atoms with Gasteiger partial charge in [0.25, 0.3) is 0 Å². The fourth-order valence-corrected chi connectivity index (χ4v) is 1.78. The molecule has 0 aliphatic rings. The van der Waals surface area contributed by atoms with Crippen molar-refractivity contribution in [3.63, 3.8) is 0 Å². The zero-order chi connectivity index (χ0) is 15.2. The fraction of sp³-hybridized carbons (Fsp3) is 0.571. The van der Waals surface area contributed by atoms with Crippen molar-refractivity contribution in [1.29, 1.82) is 0 Å². The number of hydrogen-bond acceptors (Lipinski definition) is 4. The molecule has 6 heteroatoms. The van der Waals surface area contributed by atoms with E-state index in [0.29, 0.717) is 13.2 Å². The molecule has 0 aliphatic carbocycles. The molecule has 0 N–H and O–H groups in total. The van der Waals surface area contributed by atoms with E-state index >= 15 is 0 Å². The van der Waals surface area contributed by atoms with Gasteiger partial charge in [0, 0.05) is 18.8 Å². The third-order valence-electron chi connectivity index (χ3n) is 2.67. The van der Waals surface area contributed by atoms with Gasteiger partial charge in [-0.1, -0.05) is 6.07 Å². The van der Waals surface area contributed by atoms with E-state index in [2.05, 4.69) is 20.9 Å². The number of nitrogens with zero attached hydrogens (tertiary/aromatic N) is 2. The summed E-state index contributed by atoms with van der Waals surface area (Å²) in [5, 5.41) is 0. The van der Waals surface area contributed by atoms with Crippen molar-refractivity contribution < 1.29 is 14.3 Å². The Kier molecular flexibility index (Phi) is 6.42. The van der Waals surface area contributed by atoms with Gasteiger partial charge in [-0.25, -0.2) is 9.78 Å². The number of carbonyl (C=O) groups is 1. The molecular weight excluding hydrogens is 324 g/mol. The van der Waals surface area contributed by atoms with Crippen LogP contribution in [0.4, 0.5) is 4.79 Å². The molecule has 0 atom stereocenters. The monoisotopic (exact) mass is 344 g/mol. The summed E-state index contributed by atoms with van der Waals surface area (Å²) in [6.45, 7) is 7.00. The van der Waals surface area contributed by atoms with Gasteiger partial charge in [-0.15, -0.1) is 0 Å². The molecule has 0 saturated heterocycles. The van der Waals surface area contributed by atoms with Crippen LogP contribution in [0.2, 0.25) is 0 Å². The van der Waals surface area contributed by atoms with E-state index < -0.39 is 0 Å². The minimum absolute atomic E-state index is 0.250. The highest BCUT2D eigenvalue weighted by Crippen LogP contribution is 2.19. The summed E-state index contributed by atoms with van der Waals surface area (Å²) in [6, 6.07) is 3.78. The van der Waals surface area contributed by atoms with E-state index in [-0.39, 0.29) is 18.2 Å². The number of amides is 1. The molecule has 0 spiro atoms. The standard InChI is InChI=1S/C14H21BrN2O3/c1-14(2,3)17(13(18)20-8-7-19-4)10-11-5-6-12(15)16-9-11/h5-6,9H,7-8,10H2,1-4H3. The SMILES string of the molecule is COCCOC(=O)N(Cc1ccc(Br)nc1)C(C)(C)C. The van der Waals surface area contributed by atoms with Gasteiger partial charge in [0.05, 0.1) is 13.2 Å². The van der Waals surface area contributed by atoms with Gasteiger partial charge in [0.1, 0.15) is 11.2 Å². The van der Waals surface area contributed by atoms with Gasteiger partial charge in [-0.05, 0) is 48.3 Å². The molecule has 1 amide bonds. The van der Waals surface area contributed by atoms with Crippen LogP contribution in [0.25, 0.3) is 0 Å². The maximum absolute atomic E-state index is 12.2. The number of methoxy groups -OCH3 is 1. The highest BCUT2D eigenvalue weighted by molar-refractivity contribution is 9.10. The van der Waals surface area contributed by atoms with Crippen molar-refractivity contribution in [1.82, 2.24) is 9.88 Å². The summed E-state index contributed by atoms with van der Waals surface area (Å²) >= 11 is 3.29. The van der Waals surface area contributed by atoms with Crippen molar-refractivity contribution in [3.05, 3.63) is 28.5 Å². The van der Waals surface area contributed by atoms with Crippen LogP contribution in [0, 0.1) is 0 Å². The Morgan fingerprint density at radius 3 is 2.55 bits per heavy atom. The maximum atomic E-state index is 12.2. The summed E-state index contributed by atoms with van der Waals surface area (Å²) in [5.74, 6) is 0. The first-order chi connectivity index (χ1) is 9.34. The Morgan fingerprint density at radius 1 is 1.35 bits per heavy atom. The van der Waals surface area contributed by atoms with Crippen LogP contribution in [0.15, 0.2) is 22.9 Å². The molecule has 20 heavy (non-hydrogen) atoms. The fourth-order valence-electron chi connectivity index (χ4n) is 1.55. The number of aromatic nitrogens is 1. The second-order valence-electron chi connectivity index (χ2n) is 5.35. The minimum Gasteiger partial charge on any atom is -0.447 e. The molecule has 0 aromatic carbocycles. The molecule has 1 heterocycles. The molecule has 0 radical (unpaired) electrons. The molecule has 1 rings (SSSR count). The lowest BCUT2D eigenvalue weighted by Gasteiger charge is -2.34. The van der Waals surface area contributed by atoms with Gasteiger partial charge in [0.2, 0.25) is 0 Å². The van der Waals surface area contributed by atoms with E-state index in [1.54, 1.807) is 18.2 Å².